The molecule has 1 saturated heterocycles. The maximum absolute atomic E-state index is 12.3. The third-order valence-electron chi connectivity index (χ3n) is 4.12. The Hall–Kier alpha value is -0.620. The van der Waals surface area contributed by atoms with Crippen molar-refractivity contribution in [2.45, 2.75) is 50.2 Å². The third-order valence-corrected chi connectivity index (χ3v) is 6.52. The monoisotopic (exact) mass is 275 g/mol. The molecular formula is C12H21NO4S. The van der Waals surface area contributed by atoms with Crippen molar-refractivity contribution in [3.63, 3.8) is 0 Å². The molecule has 5 nitrogen and oxygen atoms in total. The van der Waals surface area contributed by atoms with Gasteiger partial charge < -0.3 is 5.11 Å². The van der Waals surface area contributed by atoms with Crippen LogP contribution in [0.4, 0.5) is 0 Å². The van der Waals surface area contributed by atoms with E-state index in [1.807, 2.05) is 0 Å². The highest BCUT2D eigenvalue weighted by Gasteiger charge is 2.36. The van der Waals surface area contributed by atoms with E-state index >= 15 is 0 Å². The molecule has 0 unspecified atom stereocenters. The first kappa shape index (κ1) is 13.8. The zero-order chi connectivity index (χ0) is 13.2. The Morgan fingerprint density at radius 2 is 1.67 bits per heavy atom. The van der Waals surface area contributed by atoms with E-state index in [4.69, 9.17) is 5.11 Å². The molecule has 0 atom stereocenters. The first-order chi connectivity index (χ1) is 8.50. The Bertz CT molecular complexity index is 392. The number of carboxylic acids is 1. The predicted octanol–water partition coefficient (Wildman–Crippen LogP) is 1.45. The van der Waals surface area contributed by atoms with Crippen LogP contribution in [0, 0.1) is 5.92 Å². The van der Waals surface area contributed by atoms with Gasteiger partial charge in [0, 0.05) is 19.5 Å². The fourth-order valence-electron chi connectivity index (χ4n) is 3.01. The molecule has 2 aliphatic rings. The molecule has 18 heavy (non-hydrogen) atoms. The zero-order valence-corrected chi connectivity index (χ0v) is 11.4. The molecule has 0 spiro atoms. The Kier molecular flexibility index (Phi) is 4.27. The average Bonchev–Trinajstić information content (AvgIpc) is 2.83. The molecule has 0 aromatic carbocycles. The van der Waals surface area contributed by atoms with Gasteiger partial charge in [0.05, 0.1) is 5.25 Å². The standard InChI is InChI=1S/C12H21NO4S/c14-12(15)9-10-5-7-13(8-6-10)18(16,17)11-3-1-2-4-11/h10-11H,1-9H2,(H,14,15). The number of rotatable bonds is 4. The van der Waals surface area contributed by atoms with Gasteiger partial charge in [-0.1, -0.05) is 12.8 Å². The Morgan fingerprint density at radius 1 is 1.11 bits per heavy atom. The van der Waals surface area contributed by atoms with Crippen LogP contribution in [0.3, 0.4) is 0 Å². The van der Waals surface area contributed by atoms with Gasteiger partial charge in [0.25, 0.3) is 0 Å². The summed E-state index contributed by atoms with van der Waals surface area (Å²) in [6.45, 7) is 0.994. The fourth-order valence-corrected chi connectivity index (χ4v) is 5.08. The molecule has 1 N–H and O–H groups in total. The number of carbonyl (C=O) groups is 1. The Morgan fingerprint density at radius 3 is 2.17 bits per heavy atom. The summed E-state index contributed by atoms with van der Waals surface area (Å²) in [5, 5.41) is 8.55. The summed E-state index contributed by atoms with van der Waals surface area (Å²) < 4.78 is 26.2. The van der Waals surface area contributed by atoms with E-state index in [0.717, 1.165) is 25.7 Å². The van der Waals surface area contributed by atoms with Crippen LogP contribution >= 0.6 is 0 Å². The quantitative estimate of drug-likeness (QED) is 0.842. The molecule has 0 aromatic rings. The number of hydrogen-bond acceptors (Lipinski definition) is 3. The zero-order valence-electron chi connectivity index (χ0n) is 10.5. The molecular weight excluding hydrogens is 254 g/mol. The summed E-state index contributed by atoms with van der Waals surface area (Å²) in [4.78, 5) is 10.6. The number of aliphatic carboxylic acids is 1. The van der Waals surface area contributed by atoms with Crippen molar-refractivity contribution in [2.24, 2.45) is 5.92 Å². The summed E-state index contributed by atoms with van der Waals surface area (Å²) >= 11 is 0. The lowest BCUT2D eigenvalue weighted by Crippen LogP contribution is -2.43. The van der Waals surface area contributed by atoms with Crippen LogP contribution in [0.2, 0.25) is 0 Å². The molecule has 1 aliphatic heterocycles. The SMILES string of the molecule is O=C(O)CC1CCN(S(=O)(=O)C2CCCC2)CC1. The molecule has 104 valence electrons. The maximum atomic E-state index is 12.3. The number of sulfonamides is 1. The van der Waals surface area contributed by atoms with Crippen LogP contribution in [0.5, 0.6) is 0 Å². The third kappa shape index (κ3) is 3.03. The van der Waals surface area contributed by atoms with Crippen LogP contribution in [-0.4, -0.2) is 42.1 Å². The molecule has 6 heteroatoms. The van der Waals surface area contributed by atoms with Crippen molar-refractivity contribution < 1.29 is 18.3 Å². The lowest BCUT2D eigenvalue weighted by Gasteiger charge is -2.32. The van der Waals surface area contributed by atoms with Crippen molar-refractivity contribution in [1.29, 1.82) is 0 Å². The molecule has 2 rings (SSSR count). The largest absolute Gasteiger partial charge is 0.481 e. The second-order valence-electron chi connectivity index (χ2n) is 5.39. The van der Waals surface area contributed by atoms with Crippen LogP contribution in [-0.2, 0) is 14.8 Å². The van der Waals surface area contributed by atoms with E-state index in [2.05, 4.69) is 0 Å². The number of piperidine rings is 1. The van der Waals surface area contributed by atoms with E-state index in [1.165, 1.54) is 0 Å². The summed E-state index contributed by atoms with van der Waals surface area (Å²) in [7, 11) is -3.13. The van der Waals surface area contributed by atoms with E-state index in [9.17, 15) is 13.2 Å². The fraction of sp³-hybridized carbons (Fsp3) is 0.917. The number of nitrogens with zero attached hydrogens (tertiary/aromatic N) is 1. The van der Waals surface area contributed by atoms with Gasteiger partial charge in [-0.05, 0) is 31.6 Å². The van der Waals surface area contributed by atoms with Crippen LogP contribution in [0.1, 0.15) is 44.9 Å². The molecule has 0 aromatic heterocycles. The molecule has 1 heterocycles. The minimum atomic E-state index is -3.13. The number of carboxylic acid groups (broad SMARTS) is 1. The Balaban J connectivity index is 1.90. The van der Waals surface area contributed by atoms with Gasteiger partial charge in [-0.15, -0.1) is 0 Å². The second-order valence-corrected chi connectivity index (χ2v) is 7.60. The van der Waals surface area contributed by atoms with Gasteiger partial charge in [0.1, 0.15) is 0 Å². The summed E-state index contributed by atoms with van der Waals surface area (Å²) in [5.74, 6) is -0.648. The van der Waals surface area contributed by atoms with Crippen LogP contribution in [0.25, 0.3) is 0 Å². The van der Waals surface area contributed by atoms with Gasteiger partial charge in [-0.3, -0.25) is 4.79 Å². The maximum Gasteiger partial charge on any atom is 0.303 e. The first-order valence-corrected chi connectivity index (χ1v) is 8.21. The highest BCUT2D eigenvalue weighted by atomic mass is 32.2. The van der Waals surface area contributed by atoms with Crippen molar-refractivity contribution in [1.82, 2.24) is 4.31 Å². The topological polar surface area (TPSA) is 74.7 Å². The van der Waals surface area contributed by atoms with Gasteiger partial charge in [0.15, 0.2) is 0 Å². The lowest BCUT2D eigenvalue weighted by molar-refractivity contribution is -0.138. The first-order valence-electron chi connectivity index (χ1n) is 6.71. The van der Waals surface area contributed by atoms with Crippen LogP contribution < -0.4 is 0 Å². The second kappa shape index (κ2) is 5.57. The molecule has 0 radical (unpaired) electrons. The van der Waals surface area contributed by atoms with Crippen molar-refractivity contribution >= 4 is 16.0 Å². The number of hydrogen-bond donors (Lipinski definition) is 1. The highest BCUT2D eigenvalue weighted by molar-refractivity contribution is 7.89. The van der Waals surface area contributed by atoms with Gasteiger partial charge in [-0.2, -0.15) is 0 Å². The van der Waals surface area contributed by atoms with E-state index in [1.54, 1.807) is 4.31 Å². The molecule has 1 aliphatic carbocycles. The van der Waals surface area contributed by atoms with E-state index < -0.39 is 16.0 Å². The molecule has 1 saturated carbocycles. The minimum absolute atomic E-state index is 0.137. The predicted molar refractivity (Wildman–Crippen MR) is 67.7 cm³/mol. The highest BCUT2D eigenvalue weighted by Crippen LogP contribution is 2.30. The smallest absolute Gasteiger partial charge is 0.303 e. The van der Waals surface area contributed by atoms with E-state index in [0.29, 0.717) is 25.9 Å². The molecule has 0 bridgehead atoms. The van der Waals surface area contributed by atoms with Gasteiger partial charge in [-0.25, -0.2) is 12.7 Å². The summed E-state index contributed by atoms with van der Waals surface area (Å²) in [6.07, 6.45) is 5.13. The summed E-state index contributed by atoms with van der Waals surface area (Å²) in [5.41, 5.74) is 0. The van der Waals surface area contributed by atoms with Gasteiger partial charge >= 0.3 is 5.97 Å². The average molecular weight is 275 g/mol. The van der Waals surface area contributed by atoms with Gasteiger partial charge in [0.2, 0.25) is 10.0 Å². The van der Waals surface area contributed by atoms with Crippen molar-refractivity contribution in [3.05, 3.63) is 0 Å². The normalized spacial score (nSPS) is 24.4. The molecule has 2 fully saturated rings. The van der Waals surface area contributed by atoms with Crippen LogP contribution in [0.15, 0.2) is 0 Å². The summed E-state index contributed by atoms with van der Waals surface area (Å²) in [6, 6.07) is 0. The minimum Gasteiger partial charge on any atom is -0.481 e. The van der Waals surface area contributed by atoms with Crippen molar-refractivity contribution in [2.75, 3.05) is 13.1 Å². The molecule has 0 amide bonds. The van der Waals surface area contributed by atoms with E-state index in [-0.39, 0.29) is 17.6 Å². The van der Waals surface area contributed by atoms with Crippen molar-refractivity contribution in [3.8, 4) is 0 Å². The lowest BCUT2D eigenvalue weighted by atomic mass is 9.95. The Labute approximate surface area is 108 Å².